The van der Waals surface area contributed by atoms with E-state index in [1.54, 1.807) is 0 Å². The van der Waals surface area contributed by atoms with Crippen molar-refractivity contribution in [2.75, 3.05) is 13.2 Å². The lowest BCUT2D eigenvalue weighted by Crippen LogP contribution is -2.19. The molecule has 1 aromatic carbocycles. The van der Waals surface area contributed by atoms with Gasteiger partial charge in [-0.3, -0.25) is 4.57 Å². The minimum absolute atomic E-state index is 0.0554. The average Bonchev–Trinajstić information content (AvgIpc) is 2.39. The Hall–Kier alpha value is -0.800. The molecule has 0 saturated heterocycles. The van der Waals surface area contributed by atoms with Crippen LogP contribution in [-0.2, 0) is 25.7 Å². The largest absolute Gasteiger partial charge is 0.404 e. The molecule has 116 valence electrons. The van der Waals surface area contributed by atoms with Crippen LogP contribution in [0, 0.1) is 11.3 Å². The molecule has 0 radical (unpaired) electrons. The van der Waals surface area contributed by atoms with Crippen LogP contribution in [0.2, 0.25) is 0 Å². The van der Waals surface area contributed by atoms with Gasteiger partial charge in [-0.1, -0.05) is 28.1 Å². The van der Waals surface area contributed by atoms with E-state index < -0.39 is 18.8 Å². The fraction of sp³-hybridized carbons (Fsp3) is 0.462. The molecule has 4 nitrogen and oxygen atoms in total. The summed E-state index contributed by atoms with van der Waals surface area (Å²) in [5.74, 6) is 0. The maximum Gasteiger partial charge on any atom is 0.404 e. The Kier molecular flexibility index (Phi) is 6.48. The fourth-order valence-corrected chi connectivity index (χ4v) is 4.09. The standard InChI is InChI=1S/C13H15BrF2NO3P/c1-3-19-21(18,20-4-2)13(15,16)11-6-5-10(7-8-17)9-12(11)14/h5-6,9H,3-4,7H2,1-2H3. The van der Waals surface area contributed by atoms with Crippen molar-refractivity contribution in [2.24, 2.45) is 0 Å². The van der Waals surface area contributed by atoms with Crippen LogP contribution in [0.1, 0.15) is 25.0 Å². The van der Waals surface area contributed by atoms with E-state index >= 15 is 0 Å². The zero-order valence-electron chi connectivity index (χ0n) is 11.6. The SMILES string of the molecule is CCOP(=O)(OCC)C(F)(F)c1ccc(CC#N)cc1Br. The van der Waals surface area contributed by atoms with Crippen molar-refractivity contribution >= 4 is 23.5 Å². The predicted molar refractivity (Wildman–Crippen MR) is 78.2 cm³/mol. The quantitative estimate of drug-likeness (QED) is 0.634. The van der Waals surface area contributed by atoms with Gasteiger partial charge in [-0.2, -0.15) is 14.0 Å². The zero-order valence-corrected chi connectivity index (χ0v) is 14.1. The first-order valence-electron chi connectivity index (χ1n) is 6.25. The molecule has 0 aromatic heterocycles. The summed E-state index contributed by atoms with van der Waals surface area (Å²) in [5, 5.41) is 8.61. The first-order chi connectivity index (χ1) is 9.82. The van der Waals surface area contributed by atoms with Crippen LogP contribution in [0.4, 0.5) is 8.78 Å². The Morgan fingerprint density at radius 1 is 1.33 bits per heavy atom. The Balaban J connectivity index is 3.28. The number of hydrogen-bond donors (Lipinski definition) is 0. The maximum absolute atomic E-state index is 14.5. The first kappa shape index (κ1) is 18.2. The number of nitrogens with zero attached hydrogens (tertiary/aromatic N) is 1. The molecule has 8 heteroatoms. The van der Waals surface area contributed by atoms with Crippen molar-refractivity contribution in [2.45, 2.75) is 25.9 Å². The molecule has 0 bridgehead atoms. The van der Waals surface area contributed by atoms with E-state index in [1.165, 1.54) is 26.0 Å². The van der Waals surface area contributed by atoms with Crippen LogP contribution >= 0.6 is 23.5 Å². The van der Waals surface area contributed by atoms with E-state index in [1.807, 2.05) is 6.07 Å². The molecule has 0 aliphatic carbocycles. The fourth-order valence-electron chi connectivity index (χ4n) is 1.69. The highest BCUT2D eigenvalue weighted by atomic mass is 79.9. The molecule has 0 saturated carbocycles. The monoisotopic (exact) mass is 381 g/mol. The van der Waals surface area contributed by atoms with Gasteiger partial charge in [-0.25, -0.2) is 0 Å². The second-order valence-corrected chi connectivity index (χ2v) is 6.95. The van der Waals surface area contributed by atoms with Crippen molar-refractivity contribution in [3.63, 3.8) is 0 Å². The lowest BCUT2D eigenvalue weighted by Gasteiger charge is -2.26. The van der Waals surface area contributed by atoms with E-state index in [0.717, 1.165) is 6.07 Å². The van der Waals surface area contributed by atoms with Gasteiger partial charge in [0, 0.05) is 10.0 Å². The third kappa shape index (κ3) is 3.89. The number of hydrogen-bond acceptors (Lipinski definition) is 4. The van der Waals surface area contributed by atoms with Gasteiger partial charge in [-0.15, -0.1) is 0 Å². The molecular formula is C13H15BrF2NO3P. The molecule has 0 fully saturated rings. The minimum Gasteiger partial charge on any atom is -0.304 e. The summed E-state index contributed by atoms with van der Waals surface area (Å²) in [6.07, 6.45) is 0.0963. The second kappa shape index (κ2) is 7.46. The minimum atomic E-state index is -4.63. The summed E-state index contributed by atoms with van der Waals surface area (Å²) >= 11 is 3.03. The molecule has 0 heterocycles. The van der Waals surface area contributed by atoms with Gasteiger partial charge in [0.2, 0.25) is 0 Å². The van der Waals surface area contributed by atoms with Crippen LogP contribution in [0.25, 0.3) is 0 Å². The van der Waals surface area contributed by atoms with E-state index in [-0.39, 0.29) is 24.1 Å². The normalized spacial score (nSPS) is 12.2. The highest BCUT2D eigenvalue weighted by molar-refractivity contribution is 9.10. The van der Waals surface area contributed by atoms with E-state index in [9.17, 15) is 13.3 Å². The molecule has 0 N–H and O–H groups in total. The topological polar surface area (TPSA) is 59.3 Å². The predicted octanol–water partition coefficient (Wildman–Crippen LogP) is 4.83. The van der Waals surface area contributed by atoms with Crippen LogP contribution in [0.15, 0.2) is 22.7 Å². The molecule has 0 aliphatic heterocycles. The molecule has 0 aliphatic rings. The summed E-state index contributed by atoms with van der Waals surface area (Å²) in [5.41, 5.74) is -3.70. The van der Waals surface area contributed by atoms with Crippen LogP contribution < -0.4 is 0 Å². The molecule has 1 aromatic rings. The van der Waals surface area contributed by atoms with Gasteiger partial charge >= 0.3 is 13.3 Å². The van der Waals surface area contributed by atoms with Gasteiger partial charge in [-0.05, 0) is 25.5 Å². The van der Waals surface area contributed by atoms with Gasteiger partial charge in [0.25, 0.3) is 0 Å². The number of alkyl halides is 2. The molecule has 0 unspecified atom stereocenters. The van der Waals surface area contributed by atoms with Crippen molar-refractivity contribution < 1.29 is 22.4 Å². The number of halogens is 3. The number of rotatable bonds is 7. The molecular weight excluding hydrogens is 367 g/mol. The van der Waals surface area contributed by atoms with Crippen LogP contribution in [0.3, 0.4) is 0 Å². The average molecular weight is 382 g/mol. The third-order valence-corrected chi connectivity index (χ3v) is 5.36. The Morgan fingerprint density at radius 2 is 1.90 bits per heavy atom. The third-order valence-electron chi connectivity index (χ3n) is 2.58. The number of nitriles is 1. The van der Waals surface area contributed by atoms with Crippen molar-refractivity contribution in [1.29, 1.82) is 5.26 Å². The van der Waals surface area contributed by atoms with Gasteiger partial charge < -0.3 is 9.05 Å². The molecule has 0 atom stereocenters. The summed E-state index contributed by atoms with van der Waals surface area (Å²) in [6, 6.07) is 5.84. The Morgan fingerprint density at radius 3 is 2.33 bits per heavy atom. The molecule has 0 spiro atoms. The lowest BCUT2D eigenvalue weighted by atomic mass is 10.1. The van der Waals surface area contributed by atoms with E-state index in [4.69, 9.17) is 14.3 Å². The van der Waals surface area contributed by atoms with Crippen molar-refractivity contribution in [3.8, 4) is 6.07 Å². The van der Waals surface area contributed by atoms with Gasteiger partial charge in [0.1, 0.15) is 0 Å². The van der Waals surface area contributed by atoms with Crippen LogP contribution in [-0.4, -0.2) is 13.2 Å². The van der Waals surface area contributed by atoms with Gasteiger partial charge in [0.15, 0.2) is 0 Å². The van der Waals surface area contributed by atoms with Crippen molar-refractivity contribution in [1.82, 2.24) is 0 Å². The van der Waals surface area contributed by atoms with E-state index in [2.05, 4.69) is 15.9 Å². The summed E-state index contributed by atoms with van der Waals surface area (Å²) < 4.78 is 50.9. The summed E-state index contributed by atoms with van der Waals surface area (Å²) in [4.78, 5) is 0. The summed E-state index contributed by atoms with van der Waals surface area (Å²) in [7, 11) is -4.63. The highest BCUT2D eigenvalue weighted by Gasteiger charge is 2.55. The zero-order chi connectivity index (χ0) is 16.1. The maximum atomic E-state index is 14.5. The smallest absolute Gasteiger partial charge is 0.304 e. The summed E-state index contributed by atoms with van der Waals surface area (Å²) in [6.45, 7) is 2.62. The van der Waals surface area contributed by atoms with Crippen LogP contribution in [0.5, 0.6) is 0 Å². The highest BCUT2D eigenvalue weighted by Crippen LogP contribution is 2.67. The van der Waals surface area contributed by atoms with Crippen molar-refractivity contribution in [3.05, 3.63) is 33.8 Å². The molecule has 0 amide bonds. The molecule has 1 rings (SSSR count). The molecule has 21 heavy (non-hydrogen) atoms. The van der Waals surface area contributed by atoms with Gasteiger partial charge in [0.05, 0.1) is 25.7 Å². The number of benzene rings is 1. The lowest BCUT2D eigenvalue weighted by molar-refractivity contribution is 0.0354. The second-order valence-electron chi connectivity index (χ2n) is 4.02. The first-order valence-corrected chi connectivity index (χ1v) is 8.58. The Bertz CT molecular complexity index is 579. The van der Waals surface area contributed by atoms with E-state index in [0.29, 0.717) is 5.56 Å². The Labute approximate surface area is 130 Å².